The molecule has 1 aromatic heterocycles. The first kappa shape index (κ1) is 12.9. The van der Waals surface area contributed by atoms with Gasteiger partial charge in [0.15, 0.2) is 0 Å². The molecule has 19 heavy (non-hydrogen) atoms. The number of aliphatic carboxylic acids is 1. The first-order chi connectivity index (χ1) is 9.15. The molecule has 1 saturated heterocycles. The van der Waals surface area contributed by atoms with Crippen LogP contribution < -0.4 is 4.74 Å². The molecule has 2 fully saturated rings. The van der Waals surface area contributed by atoms with E-state index in [1.165, 1.54) is 4.88 Å². The van der Waals surface area contributed by atoms with Crippen LogP contribution in [0.15, 0.2) is 11.4 Å². The van der Waals surface area contributed by atoms with E-state index in [1.54, 1.807) is 18.4 Å². The molecule has 5 heteroatoms. The standard InChI is InChI=1S/C14H19NO3S/c1-18-11-4-6-19-12(11)8-15-7-10-3-2-5-14(10,9-15)13(16)17/h4,6,10H,2-3,5,7-9H2,1H3,(H,16,17)/t10-,14+/m0/s1. The van der Waals surface area contributed by atoms with E-state index in [2.05, 4.69) is 4.90 Å². The maximum Gasteiger partial charge on any atom is 0.311 e. The van der Waals surface area contributed by atoms with Crippen molar-refractivity contribution in [2.45, 2.75) is 25.8 Å². The van der Waals surface area contributed by atoms with Crippen molar-refractivity contribution < 1.29 is 14.6 Å². The van der Waals surface area contributed by atoms with E-state index in [4.69, 9.17) is 4.74 Å². The number of carbonyl (C=O) groups is 1. The Hall–Kier alpha value is -1.07. The summed E-state index contributed by atoms with van der Waals surface area (Å²) in [6.07, 6.45) is 2.96. The van der Waals surface area contributed by atoms with Crippen molar-refractivity contribution in [3.63, 3.8) is 0 Å². The van der Waals surface area contributed by atoms with E-state index in [-0.39, 0.29) is 0 Å². The van der Waals surface area contributed by atoms with E-state index < -0.39 is 11.4 Å². The Kier molecular flexibility index (Phi) is 3.27. The molecule has 104 valence electrons. The highest BCUT2D eigenvalue weighted by Gasteiger charge is 2.54. The lowest BCUT2D eigenvalue weighted by molar-refractivity contribution is -0.149. The van der Waals surface area contributed by atoms with Gasteiger partial charge in [-0.05, 0) is 30.2 Å². The van der Waals surface area contributed by atoms with Crippen molar-refractivity contribution >= 4 is 17.3 Å². The van der Waals surface area contributed by atoms with E-state index >= 15 is 0 Å². The third-order valence-electron chi connectivity index (χ3n) is 4.66. The largest absolute Gasteiger partial charge is 0.496 e. The quantitative estimate of drug-likeness (QED) is 0.921. The van der Waals surface area contributed by atoms with Gasteiger partial charge in [0.25, 0.3) is 0 Å². The Labute approximate surface area is 117 Å². The molecule has 0 radical (unpaired) electrons. The smallest absolute Gasteiger partial charge is 0.311 e. The minimum absolute atomic E-state index is 0.330. The van der Waals surface area contributed by atoms with Gasteiger partial charge in [-0.15, -0.1) is 11.3 Å². The fourth-order valence-corrected chi connectivity index (χ4v) is 4.57. The number of carboxylic acids is 1. The lowest BCUT2D eigenvalue weighted by Crippen LogP contribution is -2.35. The summed E-state index contributed by atoms with van der Waals surface area (Å²) >= 11 is 1.68. The predicted molar refractivity (Wildman–Crippen MR) is 73.6 cm³/mol. The summed E-state index contributed by atoms with van der Waals surface area (Å²) in [4.78, 5) is 15.1. The van der Waals surface area contributed by atoms with Gasteiger partial charge in [0.2, 0.25) is 0 Å². The van der Waals surface area contributed by atoms with Crippen molar-refractivity contribution in [1.82, 2.24) is 4.90 Å². The summed E-state index contributed by atoms with van der Waals surface area (Å²) in [5.74, 6) is 0.651. The molecule has 0 aromatic carbocycles. The van der Waals surface area contributed by atoms with Gasteiger partial charge in [-0.1, -0.05) is 6.42 Å². The molecular weight excluding hydrogens is 262 g/mol. The number of fused-ring (bicyclic) bond motifs is 1. The molecule has 0 spiro atoms. The SMILES string of the molecule is COc1ccsc1CN1C[C@@H]2CCC[C@@]2(C(=O)O)C1. The number of rotatable bonds is 4. The van der Waals surface area contributed by atoms with Crippen LogP contribution in [0, 0.1) is 11.3 Å². The number of hydrogen-bond acceptors (Lipinski definition) is 4. The molecule has 2 heterocycles. The third kappa shape index (κ3) is 2.05. The molecule has 3 rings (SSSR count). The van der Waals surface area contributed by atoms with E-state index in [1.807, 2.05) is 11.4 Å². The predicted octanol–water partition coefficient (Wildman–Crippen LogP) is 2.44. The van der Waals surface area contributed by atoms with Crippen LogP contribution in [0.3, 0.4) is 0 Å². The highest BCUT2D eigenvalue weighted by Crippen LogP contribution is 2.49. The van der Waals surface area contributed by atoms with E-state index in [9.17, 15) is 9.90 Å². The summed E-state index contributed by atoms with van der Waals surface area (Å²) in [5, 5.41) is 11.6. The van der Waals surface area contributed by atoms with Gasteiger partial charge >= 0.3 is 5.97 Å². The molecule has 1 aliphatic carbocycles. The van der Waals surface area contributed by atoms with E-state index in [0.29, 0.717) is 12.5 Å². The van der Waals surface area contributed by atoms with Crippen LogP contribution in [-0.4, -0.2) is 36.2 Å². The van der Waals surface area contributed by atoms with Crippen LogP contribution in [-0.2, 0) is 11.3 Å². The van der Waals surface area contributed by atoms with Crippen molar-refractivity contribution in [1.29, 1.82) is 0 Å². The highest BCUT2D eigenvalue weighted by molar-refractivity contribution is 7.10. The van der Waals surface area contributed by atoms with Crippen LogP contribution in [0.4, 0.5) is 0 Å². The highest BCUT2D eigenvalue weighted by atomic mass is 32.1. The van der Waals surface area contributed by atoms with Crippen molar-refractivity contribution in [3.8, 4) is 5.75 Å². The number of likely N-dealkylation sites (tertiary alicyclic amines) is 1. The molecule has 2 atom stereocenters. The van der Waals surface area contributed by atoms with Crippen LogP contribution in [0.25, 0.3) is 0 Å². The normalized spacial score (nSPS) is 30.5. The third-order valence-corrected chi connectivity index (χ3v) is 5.55. The van der Waals surface area contributed by atoms with Gasteiger partial charge in [-0.2, -0.15) is 0 Å². The van der Waals surface area contributed by atoms with E-state index in [0.717, 1.165) is 38.1 Å². The zero-order valence-electron chi connectivity index (χ0n) is 11.1. The van der Waals surface area contributed by atoms with Crippen molar-refractivity contribution in [2.24, 2.45) is 11.3 Å². The molecule has 1 saturated carbocycles. The monoisotopic (exact) mass is 281 g/mol. The van der Waals surface area contributed by atoms with Gasteiger partial charge < -0.3 is 9.84 Å². The fourth-order valence-electron chi connectivity index (χ4n) is 3.69. The maximum absolute atomic E-state index is 11.6. The molecule has 1 aromatic rings. The Bertz CT molecular complexity index is 487. The lowest BCUT2D eigenvalue weighted by Gasteiger charge is -2.23. The summed E-state index contributed by atoms with van der Waals surface area (Å²) in [7, 11) is 1.68. The van der Waals surface area contributed by atoms with Crippen LogP contribution in [0.2, 0.25) is 0 Å². The summed E-state index contributed by atoms with van der Waals surface area (Å²) < 4.78 is 5.33. The van der Waals surface area contributed by atoms with Crippen molar-refractivity contribution in [3.05, 3.63) is 16.3 Å². The molecular formula is C14H19NO3S. The Morgan fingerprint density at radius 1 is 1.68 bits per heavy atom. The maximum atomic E-state index is 11.6. The molecule has 2 aliphatic rings. The van der Waals surface area contributed by atoms with Gasteiger partial charge in [-0.3, -0.25) is 9.69 Å². The molecule has 0 bridgehead atoms. The average molecular weight is 281 g/mol. The Morgan fingerprint density at radius 3 is 3.21 bits per heavy atom. The van der Waals surface area contributed by atoms with Gasteiger partial charge in [0, 0.05) is 19.6 Å². The second-order valence-electron chi connectivity index (χ2n) is 5.63. The number of hydrogen-bond donors (Lipinski definition) is 1. The summed E-state index contributed by atoms with van der Waals surface area (Å²) in [6, 6.07) is 1.98. The number of nitrogens with zero attached hydrogens (tertiary/aromatic N) is 1. The van der Waals surface area contributed by atoms with Gasteiger partial charge in [0.05, 0.1) is 17.4 Å². The first-order valence-electron chi connectivity index (χ1n) is 6.72. The van der Waals surface area contributed by atoms with Crippen LogP contribution in [0.1, 0.15) is 24.1 Å². The zero-order valence-corrected chi connectivity index (χ0v) is 11.9. The average Bonchev–Trinajstić information content (AvgIpc) is 3.02. The Morgan fingerprint density at radius 2 is 2.53 bits per heavy atom. The molecule has 4 nitrogen and oxygen atoms in total. The summed E-state index contributed by atoms with van der Waals surface area (Å²) in [5.41, 5.74) is -0.482. The number of ether oxygens (including phenoxy) is 1. The van der Waals surface area contributed by atoms with Gasteiger partial charge in [-0.25, -0.2) is 0 Å². The topological polar surface area (TPSA) is 49.8 Å². The second kappa shape index (κ2) is 4.80. The number of carboxylic acid groups (broad SMARTS) is 1. The number of thiophene rings is 1. The molecule has 1 N–H and O–H groups in total. The zero-order chi connectivity index (χ0) is 13.5. The van der Waals surface area contributed by atoms with Crippen molar-refractivity contribution in [2.75, 3.05) is 20.2 Å². The van der Waals surface area contributed by atoms with Crippen LogP contribution >= 0.6 is 11.3 Å². The minimum Gasteiger partial charge on any atom is -0.496 e. The fraction of sp³-hybridized carbons (Fsp3) is 0.643. The number of methoxy groups -OCH3 is 1. The molecule has 0 unspecified atom stereocenters. The molecule has 1 aliphatic heterocycles. The Balaban J connectivity index is 1.74. The van der Waals surface area contributed by atoms with Gasteiger partial charge in [0.1, 0.15) is 5.75 Å². The first-order valence-corrected chi connectivity index (χ1v) is 7.60. The minimum atomic E-state index is -0.601. The lowest BCUT2D eigenvalue weighted by atomic mass is 9.81. The van der Waals surface area contributed by atoms with Crippen LogP contribution in [0.5, 0.6) is 5.75 Å². The summed E-state index contributed by atoms with van der Waals surface area (Å²) in [6.45, 7) is 2.41. The second-order valence-corrected chi connectivity index (χ2v) is 6.63. The molecule has 0 amide bonds.